The number of nitrogens with one attached hydrogen (secondary N) is 1. The highest BCUT2D eigenvalue weighted by atomic mass is 16.5. The van der Waals surface area contributed by atoms with Crippen molar-refractivity contribution in [2.75, 3.05) is 26.3 Å². The summed E-state index contributed by atoms with van der Waals surface area (Å²) in [5, 5.41) is 12.6. The van der Waals surface area contributed by atoms with E-state index in [0.717, 1.165) is 45.2 Å². The van der Waals surface area contributed by atoms with E-state index in [1.165, 1.54) is 0 Å². The van der Waals surface area contributed by atoms with Gasteiger partial charge in [-0.3, -0.25) is 9.69 Å². The van der Waals surface area contributed by atoms with Crippen LogP contribution in [-0.4, -0.2) is 60.4 Å². The maximum Gasteiger partial charge on any atom is 0.239 e. The fourth-order valence-corrected chi connectivity index (χ4v) is 3.04. The molecular formula is C14H26N2O3. The predicted octanol–water partition coefficient (Wildman–Crippen LogP) is 0.517. The van der Waals surface area contributed by atoms with Crippen molar-refractivity contribution in [1.29, 1.82) is 0 Å². The summed E-state index contributed by atoms with van der Waals surface area (Å²) in [5.74, 6) is 0.0904. The zero-order valence-corrected chi connectivity index (χ0v) is 11.8. The van der Waals surface area contributed by atoms with E-state index in [2.05, 4.69) is 17.1 Å². The molecule has 2 fully saturated rings. The van der Waals surface area contributed by atoms with Crippen molar-refractivity contribution in [3.63, 3.8) is 0 Å². The maximum absolute atomic E-state index is 12.2. The Hall–Kier alpha value is -0.650. The lowest BCUT2D eigenvalue weighted by atomic mass is 9.90. The summed E-state index contributed by atoms with van der Waals surface area (Å²) in [4.78, 5) is 14.5. The molecule has 1 amide bonds. The van der Waals surface area contributed by atoms with Crippen molar-refractivity contribution in [2.45, 2.75) is 57.2 Å². The smallest absolute Gasteiger partial charge is 0.239 e. The number of hydrogen-bond donors (Lipinski definition) is 2. The highest BCUT2D eigenvalue weighted by molar-refractivity contribution is 5.82. The van der Waals surface area contributed by atoms with Crippen LogP contribution >= 0.6 is 0 Å². The Bertz CT molecular complexity index is 290. The number of morpholine rings is 1. The molecule has 0 aromatic heterocycles. The Kier molecular flexibility index (Phi) is 5.60. The largest absolute Gasteiger partial charge is 0.393 e. The maximum atomic E-state index is 12.2. The van der Waals surface area contributed by atoms with Gasteiger partial charge in [0, 0.05) is 19.1 Å². The number of carbonyl (C=O) groups excluding carboxylic acids is 1. The highest BCUT2D eigenvalue weighted by Crippen LogP contribution is 2.25. The van der Waals surface area contributed by atoms with E-state index in [1.807, 2.05) is 0 Å². The Labute approximate surface area is 115 Å². The fraction of sp³-hybridized carbons (Fsp3) is 0.929. The van der Waals surface area contributed by atoms with E-state index in [4.69, 9.17) is 4.74 Å². The second-order valence-corrected chi connectivity index (χ2v) is 5.58. The zero-order valence-electron chi connectivity index (χ0n) is 11.8. The minimum atomic E-state index is -0.152. The number of hydrogen-bond acceptors (Lipinski definition) is 4. The third kappa shape index (κ3) is 3.91. The number of nitrogens with zero attached hydrogens (tertiary/aromatic N) is 1. The third-order valence-electron chi connectivity index (χ3n) is 4.16. The molecular weight excluding hydrogens is 244 g/mol. The van der Waals surface area contributed by atoms with Gasteiger partial charge in [-0.2, -0.15) is 0 Å². The topological polar surface area (TPSA) is 61.8 Å². The molecule has 2 aliphatic rings. The Morgan fingerprint density at radius 2 is 2.11 bits per heavy atom. The normalized spacial score (nSPS) is 33.1. The van der Waals surface area contributed by atoms with Crippen LogP contribution in [-0.2, 0) is 9.53 Å². The second kappa shape index (κ2) is 7.22. The first-order chi connectivity index (χ1) is 9.22. The number of ether oxygens (including phenoxy) is 1. The first kappa shape index (κ1) is 14.8. The van der Waals surface area contributed by atoms with Gasteiger partial charge in [-0.15, -0.1) is 0 Å². The number of carbonyl (C=O) groups is 1. The minimum absolute atomic E-state index is 0.0904. The van der Waals surface area contributed by atoms with Gasteiger partial charge in [0.05, 0.1) is 19.3 Å². The summed E-state index contributed by atoms with van der Waals surface area (Å²) >= 11 is 0. The molecule has 1 heterocycles. The molecule has 5 heteroatoms. The van der Waals surface area contributed by atoms with E-state index in [-0.39, 0.29) is 18.1 Å². The fourth-order valence-electron chi connectivity index (χ4n) is 3.04. The molecule has 1 unspecified atom stereocenters. The Morgan fingerprint density at radius 3 is 2.79 bits per heavy atom. The van der Waals surface area contributed by atoms with Crippen LogP contribution in [0.3, 0.4) is 0 Å². The number of rotatable bonds is 4. The molecule has 0 bridgehead atoms. The first-order valence-electron chi connectivity index (χ1n) is 7.51. The molecule has 0 radical (unpaired) electrons. The van der Waals surface area contributed by atoms with Gasteiger partial charge in [0.2, 0.25) is 5.91 Å². The molecule has 19 heavy (non-hydrogen) atoms. The third-order valence-corrected chi connectivity index (χ3v) is 4.16. The van der Waals surface area contributed by atoms with Crippen molar-refractivity contribution in [2.24, 2.45) is 0 Å². The molecule has 1 atom stereocenters. The van der Waals surface area contributed by atoms with Crippen molar-refractivity contribution in [3.05, 3.63) is 0 Å². The molecule has 0 aromatic carbocycles. The quantitative estimate of drug-likeness (QED) is 0.782. The molecule has 1 aliphatic carbocycles. The van der Waals surface area contributed by atoms with Crippen LogP contribution in [0.5, 0.6) is 0 Å². The first-order valence-corrected chi connectivity index (χ1v) is 7.51. The number of amides is 1. The van der Waals surface area contributed by atoms with Crippen LogP contribution in [0.15, 0.2) is 0 Å². The minimum Gasteiger partial charge on any atom is -0.393 e. The van der Waals surface area contributed by atoms with Crippen molar-refractivity contribution < 1.29 is 14.6 Å². The van der Waals surface area contributed by atoms with Gasteiger partial charge < -0.3 is 15.2 Å². The number of aliphatic hydroxyl groups is 1. The lowest BCUT2D eigenvalue weighted by molar-refractivity contribution is -0.135. The van der Waals surface area contributed by atoms with E-state index < -0.39 is 0 Å². The standard InChI is InChI=1S/C14H26N2O3/c1-2-7-15-14(18)13-10-19-9-8-16(13)11-3-5-12(17)6-4-11/h11-13,17H,2-10H2,1H3,(H,15,18). The average molecular weight is 270 g/mol. The highest BCUT2D eigenvalue weighted by Gasteiger charge is 2.35. The molecule has 1 aliphatic heterocycles. The molecule has 1 saturated heterocycles. The van der Waals surface area contributed by atoms with Gasteiger partial charge in [-0.25, -0.2) is 0 Å². The molecule has 2 rings (SSSR count). The van der Waals surface area contributed by atoms with Gasteiger partial charge in [0.25, 0.3) is 0 Å². The van der Waals surface area contributed by atoms with Crippen molar-refractivity contribution in [1.82, 2.24) is 10.2 Å². The Balaban J connectivity index is 1.93. The predicted molar refractivity (Wildman–Crippen MR) is 72.9 cm³/mol. The summed E-state index contributed by atoms with van der Waals surface area (Å²) in [6.45, 7) is 4.81. The zero-order chi connectivity index (χ0) is 13.7. The summed E-state index contributed by atoms with van der Waals surface area (Å²) in [7, 11) is 0. The van der Waals surface area contributed by atoms with Crippen LogP contribution in [0.4, 0.5) is 0 Å². The van der Waals surface area contributed by atoms with Crippen molar-refractivity contribution >= 4 is 5.91 Å². The summed E-state index contributed by atoms with van der Waals surface area (Å²) < 4.78 is 5.47. The summed E-state index contributed by atoms with van der Waals surface area (Å²) in [6.07, 6.45) is 4.48. The SMILES string of the molecule is CCCNC(=O)C1COCCN1C1CCC(O)CC1. The lowest BCUT2D eigenvalue weighted by Crippen LogP contribution is -2.58. The van der Waals surface area contributed by atoms with Crippen LogP contribution in [0.2, 0.25) is 0 Å². The van der Waals surface area contributed by atoms with Gasteiger partial charge in [0.15, 0.2) is 0 Å². The van der Waals surface area contributed by atoms with E-state index in [1.54, 1.807) is 0 Å². The second-order valence-electron chi connectivity index (χ2n) is 5.58. The van der Waals surface area contributed by atoms with Gasteiger partial charge in [-0.1, -0.05) is 6.92 Å². The summed E-state index contributed by atoms with van der Waals surface area (Å²) in [5.41, 5.74) is 0. The molecule has 0 spiro atoms. The average Bonchev–Trinajstić information content (AvgIpc) is 2.45. The van der Waals surface area contributed by atoms with Crippen LogP contribution in [0, 0.1) is 0 Å². The van der Waals surface area contributed by atoms with Crippen LogP contribution < -0.4 is 5.32 Å². The molecule has 2 N–H and O–H groups in total. The Morgan fingerprint density at radius 1 is 1.37 bits per heavy atom. The lowest BCUT2D eigenvalue weighted by Gasteiger charge is -2.42. The van der Waals surface area contributed by atoms with Crippen LogP contribution in [0.1, 0.15) is 39.0 Å². The summed E-state index contributed by atoms with van der Waals surface area (Å²) in [6, 6.07) is 0.269. The van der Waals surface area contributed by atoms with Gasteiger partial charge in [-0.05, 0) is 32.1 Å². The van der Waals surface area contributed by atoms with Gasteiger partial charge in [0.1, 0.15) is 6.04 Å². The molecule has 1 saturated carbocycles. The number of aliphatic hydroxyl groups excluding tert-OH is 1. The molecule has 0 aromatic rings. The van der Waals surface area contributed by atoms with Gasteiger partial charge >= 0.3 is 0 Å². The van der Waals surface area contributed by atoms with Crippen molar-refractivity contribution in [3.8, 4) is 0 Å². The van der Waals surface area contributed by atoms with E-state index >= 15 is 0 Å². The monoisotopic (exact) mass is 270 g/mol. The van der Waals surface area contributed by atoms with E-state index in [0.29, 0.717) is 19.3 Å². The molecule has 110 valence electrons. The van der Waals surface area contributed by atoms with Crippen LogP contribution in [0.25, 0.3) is 0 Å². The molecule has 5 nitrogen and oxygen atoms in total. The van der Waals surface area contributed by atoms with E-state index in [9.17, 15) is 9.90 Å².